The number of halogens is 1. The van der Waals surface area contributed by atoms with E-state index in [2.05, 4.69) is 64.1 Å². The first-order valence-corrected chi connectivity index (χ1v) is 10.9. The number of rotatable bonds is 5. The van der Waals surface area contributed by atoms with E-state index in [-0.39, 0.29) is 33.7 Å². The predicted molar refractivity (Wildman–Crippen MR) is 99.2 cm³/mol. The summed E-state index contributed by atoms with van der Waals surface area (Å²) in [5.74, 6) is 0.0292. The first kappa shape index (κ1) is 21.0. The Morgan fingerprint density at radius 3 is 2.30 bits per heavy atom. The molecule has 1 N–H and O–H groups in total. The van der Waals surface area contributed by atoms with Crippen LogP contribution in [-0.2, 0) is 13.6 Å². The Bertz CT molecular complexity index is 425. The molecule has 1 unspecified atom stereocenters. The molecule has 6 heteroatoms. The Labute approximate surface area is 150 Å². The van der Waals surface area contributed by atoms with Crippen LogP contribution in [0.25, 0.3) is 0 Å². The summed E-state index contributed by atoms with van der Waals surface area (Å²) in [5.41, 5.74) is 0. The quantitative estimate of drug-likeness (QED) is 0.424. The van der Waals surface area contributed by atoms with Gasteiger partial charge in [-0.1, -0.05) is 63.5 Å². The summed E-state index contributed by atoms with van der Waals surface area (Å²) in [6, 6.07) is 0. The van der Waals surface area contributed by atoms with Crippen molar-refractivity contribution in [3.05, 3.63) is 12.7 Å². The Balaban J connectivity index is 3.01. The Morgan fingerprint density at radius 2 is 1.87 bits per heavy atom. The van der Waals surface area contributed by atoms with Crippen LogP contribution in [0.5, 0.6) is 0 Å². The van der Waals surface area contributed by atoms with Gasteiger partial charge in [-0.15, -0.1) is 6.58 Å². The molecule has 0 aromatic rings. The van der Waals surface area contributed by atoms with Gasteiger partial charge in [0.05, 0.1) is 17.5 Å². The van der Waals surface area contributed by atoms with E-state index >= 15 is 0 Å². The van der Waals surface area contributed by atoms with E-state index < -0.39 is 20.8 Å². The van der Waals surface area contributed by atoms with Crippen LogP contribution in [0.1, 0.15) is 54.4 Å². The highest BCUT2D eigenvalue weighted by Gasteiger charge is 2.61. The van der Waals surface area contributed by atoms with Crippen molar-refractivity contribution < 1.29 is 18.8 Å². The van der Waals surface area contributed by atoms with E-state index in [0.29, 0.717) is 6.42 Å². The smallest absolute Gasteiger partial charge is 0.349 e. The Kier molecular flexibility index (Phi) is 6.84. The third kappa shape index (κ3) is 4.54. The molecule has 1 saturated heterocycles. The lowest BCUT2D eigenvalue weighted by Crippen LogP contribution is -2.65. The highest BCUT2D eigenvalue weighted by atomic mass is 79.9. The second-order valence-electron chi connectivity index (χ2n) is 8.31. The summed E-state index contributed by atoms with van der Waals surface area (Å²) in [4.78, 5) is 12.1. The fraction of sp³-hybridized carbons (Fsp3) is 0.824. The average molecular weight is 407 g/mol. The molecule has 0 spiro atoms. The molecule has 1 rings (SSSR count). The van der Waals surface area contributed by atoms with E-state index in [4.69, 9.17) is 8.85 Å². The van der Waals surface area contributed by atoms with Gasteiger partial charge in [-0.25, -0.2) is 0 Å². The lowest BCUT2D eigenvalue weighted by Gasteiger charge is -2.54. The molecule has 0 aromatic carbocycles. The molecule has 1 aliphatic rings. The Morgan fingerprint density at radius 1 is 1.35 bits per heavy atom. The maximum absolute atomic E-state index is 12.3. The molecular weight excluding hydrogens is 376 g/mol. The van der Waals surface area contributed by atoms with Crippen LogP contribution in [0, 0.1) is 0 Å². The topological polar surface area (TPSA) is 55.8 Å². The molecule has 0 radical (unpaired) electrons. The van der Waals surface area contributed by atoms with E-state index in [1.54, 1.807) is 6.08 Å². The summed E-state index contributed by atoms with van der Waals surface area (Å²) in [7, 11) is -2.66. The van der Waals surface area contributed by atoms with Crippen molar-refractivity contribution in [2.45, 2.75) is 81.5 Å². The van der Waals surface area contributed by atoms with Gasteiger partial charge in [0.15, 0.2) is 0 Å². The lowest BCUT2D eigenvalue weighted by atomic mass is 10.0. The standard InChI is InChI=1S/C17H31BrO4Si/c1-8-9-12(18)13(19)10-15-14(20)11-21-23(22-15,16(2,3)4)17(5,6)7/h8,12,14-15,20H,1,9-11H2,2-7H3/t12?,14-,15+/m1/s1. The Hall–Kier alpha value is -0.0131. The molecule has 0 amide bonds. The number of alkyl halides is 1. The van der Waals surface area contributed by atoms with Gasteiger partial charge in [0.2, 0.25) is 0 Å². The maximum Gasteiger partial charge on any atom is 0.349 e. The van der Waals surface area contributed by atoms with Crippen LogP contribution in [0.2, 0.25) is 10.1 Å². The van der Waals surface area contributed by atoms with E-state index in [1.807, 2.05) is 0 Å². The zero-order valence-corrected chi connectivity index (χ0v) is 17.8. The minimum Gasteiger partial charge on any atom is -0.391 e. The summed E-state index contributed by atoms with van der Waals surface area (Å²) in [5, 5.41) is 9.95. The molecule has 0 saturated carbocycles. The average Bonchev–Trinajstić information content (AvgIpc) is 2.38. The van der Waals surface area contributed by atoms with Crippen molar-refractivity contribution in [2.24, 2.45) is 0 Å². The second kappa shape index (κ2) is 7.48. The highest BCUT2D eigenvalue weighted by molar-refractivity contribution is 9.10. The molecular formula is C17H31BrO4Si. The molecule has 1 aliphatic heterocycles. The molecule has 4 nitrogen and oxygen atoms in total. The molecule has 3 atom stereocenters. The van der Waals surface area contributed by atoms with Gasteiger partial charge < -0.3 is 14.0 Å². The van der Waals surface area contributed by atoms with Crippen LogP contribution in [0.15, 0.2) is 12.7 Å². The van der Waals surface area contributed by atoms with Gasteiger partial charge in [0.25, 0.3) is 0 Å². The van der Waals surface area contributed by atoms with Crippen molar-refractivity contribution >= 4 is 30.3 Å². The highest BCUT2D eigenvalue weighted by Crippen LogP contribution is 2.54. The number of carbonyl (C=O) groups excluding carboxylic acids is 1. The van der Waals surface area contributed by atoms with Crippen molar-refractivity contribution in [3.63, 3.8) is 0 Å². The largest absolute Gasteiger partial charge is 0.391 e. The minimum atomic E-state index is -2.66. The lowest BCUT2D eigenvalue weighted by molar-refractivity contribution is -0.126. The SMILES string of the molecule is C=CCC(Br)C(=O)C[C@@H]1O[Si](C(C)(C)C)(C(C)(C)C)OC[C@H]1O. The van der Waals surface area contributed by atoms with Gasteiger partial charge in [0.1, 0.15) is 11.9 Å². The van der Waals surface area contributed by atoms with Crippen LogP contribution < -0.4 is 0 Å². The summed E-state index contributed by atoms with van der Waals surface area (Å²) >= 11 is 3.38. The molecule has 134 valence electrons. The predicted octanol–water partition coefficient (Wildman–Crippen LogP) is 4.10. The van der Waals surface area contributed by atoms with E-state index in [1.165, 1.54) is 0 Å². The van der Waals surface area contributed by atoms with Crippen molar-refractivity contribution in [3.8, 4) is 0 Å². The molecule has 1 fully saturated rings. The van der Waals surface area contributed by atoms with Crippen molar-refractivity contribution in [1.29, 1.82) is 0 Å². The molecule has 1 heterocycles. The van der Waals surface area contributed by atoms with Gasteiger partial charge in [-0.05, 0) is 6.42 Å². The summed E-state index contributed by atoms with van der Waals surface area (Å²) < 4.78 is 12.6. The third-order valence-electron chi connectivity index (χ3n) is 4.30. The number of Topliss-reactive ketones (excluding diaryl/α,β-unsaturated/α-hetero) is 1. The minimum absolute atomic E-state index is 0.0292. The number of aliphatic hydroxyl groups is 1. The van der Waals surface area contributed by atoms with Crippen LogP contribution in [-0.4, -0.2) is 43.1 Å². The van der Waals surface area contributed by atoms with Crippen molar-refractivity contribution in [2.75, 3.05) is 6.61 Å². The molecule has 0 aliphatic carbocycles. The van der Waals surface area contributed by atoms with Crippen LogP contribution in [0.4, 0.5) is 0 Å². The van der Waals surface area contributed by atoms with Gasteiger partial charge in [-0.2, -0.15) is 0 Å². The van der Waals surface area contributed by atoms with E-state index in [9.17, 15) is 9.90 Å². The third-order valence-corrected chi connectivity index (χ3v) is 10.3. The number of carbonyl (C=O) groups is 1. The van der Waals surface area contributed by atoms with Gasteiger partial charge in [0, 0.05) is 16.5 Å². The second-order valence-corrected chi connectivity index (χ2v) is 14.2. The van der Waals surface area contributed by atoms with Gasteiger partial charge in [-0.3, -0.25) is 4.79 Å². The molecule has 23 heavy (non-hydrogen) atoms. The summed E-state index contributed by atoms with van der Waals surface area (Å²) in [6.45, 7) is 16.6. The number of hydrogen-bond donors (Lipinski definition) is 1. The monoisotopic (exact) mass is 406 g/mol. The number of aliphatic hydroxyl groups excluding tert-OH is 1. The van der Waals surface area contributed by atoms with Crippen molar-refractivity contribution in [1.82, 2.24) is 0 Å². The zero-order chi connectivity index (χ0) is 18.1. The fourth-order valence-electron chi connectivity index (χ4n) is 3.33. The first-order valence-electron chi connectivity index (χ1n) is 8.13. The number of hydrogen-bond acceptors (Lipinski definition) is 4. The van der Waals surface area contributed by atoms with Crippen LogP contribution in [0.3, 0.4) is 0 Å². The normalized spacial score (nSPS) is 26.6. The number of allylic oxidation sites excluding steroid dienone is 1. The van der Waals surface area contributed by atoms with Gasteiger partial charge >= 0.3 is 8.56 Å². The number of ketones is 1. The zero-order valence-electron chi connectivity index (χ0n) is 15.2. The van der Waals surface area contributed by atoms with E-state index in [0.717, 1.165) is 0 Å². The molecule has 0 aromatic heterocycles. The first-order chi connectivity index (χ1) is 10.4. The molecule has 0 bridgehead atoms. The maximum atomic E-state index is 12.3. The summed E-state index contributed by atoms with van der Waals surface area (Å²) in [6.07, 6.45) is 1.19. The van der Waals surface area contributed by atoms with Crippen LogP contribution >= 0.6 is 15.9 Å². The fourth-order valence-corrected chi connectivity index (χ4v) is 8.74.